The molecule has 66 valence electrons. The number of benzene rings is 1. The number of imidazole rings is 1. The zero-order valence-electron chi connectivity index (χ0n) is 6.61. The summed E-state index contributed by atoms with van der Waals surface area (Å²) in [4.78, 5) is 17.0. The van der Waals surface area contributed by atoms with Crippen LogP contribution in [0.3, 0.4) is 0 Å². The summed E-state index contributed by atoms with van der Waals surface area (Å²) in [6, 6.07) is 5.00. The van der Waals surface area contributed by atoms with Crippen LogP contribution in [-0.4, -0.2) is 21.0 Å². The fourth-order valence-corrected chi connectivity index (χ4v) is 1.13. The number of nitrogen functional groups attached to an aromatic ring is 1. The smallest absolute Gasteiger partial charge is 0.371 e. The Morgan fingerprint density at radius 3 is 3.00 bits per heavy atom. The third-order valence-electron chi connectivity index (χ3n) is 1.71. The van der Waals surface area contributed by atoms with Crippen molar-refractivity contribution in [2.45, 2.75) is 0 Å². The molecule has 1 aromatic heterocycles. The van der Waals surface area contributed by atoms with Crippen LogP contribution in [0, 0.1) is 0 Å². The topological polar surface area (TPSA) is 92.0 Å². The van der Waals surface area contributed by atoms with Crippen LogP contribution in [-0.2, 0) is 0 Å². The molecule has 1 heterocycles. The van der Waals surface area contributed by atoms with Crippen molar-refractivity contribution in [2.75, 3.05) is 5.73 Å². The first-order chi connectivity index (χ1) is 6.16. The van der Waals surface area contributed by atoms with E-state index >= 15 is 0 Å². The average molecular weight is 177 g/mol. The lowest BCUT2D eigenvalue weighted by Gasteiger charge is -1.89. The van der Waals surface area contributed by atoms with Gasteiger partial charge in [0.15, 0.2) is 0 Å². The molecule has 0 bridgehead atoms. The van der Waals surface area contributed by atoms with Crippen molar-refractivity contribution < 1.29 is 9.90 Å². The van der Waals surface area contributed by atoms with Gasteiger partial charge >= 0.3 is 5.97 Å². The van der Waals surface area contributed by atoms with Gasteiger partial charge in [-0.25, -0.2) is 9.78 Å². The van der Waals surface area contributed by atoms with Crippen molar-refractivity contribution in [3.63, 3.8) is 0 Å². The van der Waals surface area contributed by atoms with Gasteiger partial charge in [0, 0.05) is 5.69 Å². The minimum atomic E-state index is -1.07. The number of aromatic amines is 1. The Balaban J connectivity index is 2.68. The van der Waals surface area contributed by atoms with Crippen LogP contribution in [0.5, 0.6) is 0 Å². The van der Waals surface area contributed by atoms with Crippen molar-refractivity contribution in [1.82, 2.24) is 9.97 Å². The van der Waals surface area contributed by atoms with E-state index in [1.807, 2.05) is 0 Å². The minimum Gasteiger partial charge on any atom is -0.475 e. The highest BCUT2D eigenvalue weighted by Crippen LogP contribution is 2.14. The van der Waals surface area contributed by atoms with Gasteiger partial charge in [-0.05, 0) is 18.2 Å². The lowest BCUT2D eigenvalue weighted by molar-refractivity contribution is 0.0685. The van der Waals surface area contributed by atoms with Crippen LogP contribution in [0.2, 0.25) is 0 Å². The number of aromatic carboxylic acids is 1. The summed E-state index contributed by atoms with van der Waals surface area (Å²) in [5.41, 5.74) is 7.33. The van der Waals surface area contributed by atoms with Gasteiger partial charge in [0.25, 0.3) is 0 Å². The number of anilines is 1. The third kappa shape index (κ3) is 1.20. The van der Waals surface area contributed by atoms with Crippen LogP contribution < -0.4 is 5.73 Å². The third-order valence-corrected chi connectivity index (χ3v) is 1.71. The van der Waals surface area contributed by atoms with E-state index in [0.717, 1.165) is 0 Å². The van der Waals surface area contributed by atoms with Crippen molar-refractivity contribution >= 4 is 22.7 Å². The molecule has 0 radical (unpaired) electrons. The van der Waals surface area contributed by atoms with Gasteiger partial charge in [-0.2, -0.15) is 0 Å². The first kappa shape index (κ1) is 7.60. The molecule has 0 aliphatic carbocycles. The Morgan fingerprint density at radius 2 is 2.31 bits per heavy atom. The van der Waals surface area contributed by atoms with E-state index in [4.69, 9.17) is 10.8 Å². The summed E-state index contributed by atoms with van der Waals surface area (Å²) in [6.07, 6.45) is 0. The van der Waals surface area contributed by atoms with E-state index in [1.165, 1.54) is 0 Å². The summed E-state index contributed by atoms with van der Waals surface area (Å²) in [5, 5.41) is 8.63. The molecular formula is C8H7N3O2. The number of hydrogen-bond donors (Lipinski definition) is 3. The number of aromatic nitrogens is 2. The zero-order chi connectivity index (χ0) is 9.42. The Kier molecular flexibility index (Phi) is 1.45. The van der Waals surface area contributed by atoms with E-state index in [1.54, 1.807) is 18.2 Å². The van der Waals surface area contributed by atoms with Crippen molar-refractivity contribution in [3.05, 3.63) is 24.0 Å². The molecule has 0 atom stereocenters. The Morgan fingerprint density at radius 1 is 1.54 bits per heavy atom. The molecule has 0 fully saturated rings. The standard InChI is InChI=1S/C8H7N3O2/c9-4-1-2-5-6(3-4)11-7(10-5)8(12)13/h1-3H,9H2,(H,10,11)(H,12,13). The van der Waals surface area contributed by atoms with E-state index < -0.39 is 5.97 Å². The van der Waals surface area contributed by atoms with Gasteiger partial charge < -0.3 is 15.8 Å². The van der Waals surface area contributed by atoms with Crippen LogP contribution in [0.4, 0.5) is 5.69 Å². The number of hydrogen-bond acceptors (Lipinski definition) is 3. The number of nitrogens with two attached hydrogens (primary N) is 1. The lowest BCUT2D eigenvalue weighted by Crippen LogP contribution is -1.97. The molecule has 0 spiro atoms. The minimum absolute atomic E-state index is 0.0689. The van der Waals surface area contributed by atoms with E-state index in [2.05, 4.69) is 9.97 Å². The maximum absolute atomic E-state index is 10.5. The monoisotopic (exact) mass is 177 g/mol. The predicted molar refractivity (Wildman–Crippen MR) is 47.5 cm³/mol. The Hall–Kier alpha value is -2.04. The maximum atomic E-state index is 10.5. The molecule has 2 aromatic rings. The quantitative estimate of drug-likeness (QED) is 0.563. The van der Waals surface area contributed by atoms with Gasteiger partial charge in [0.05, 0.1) is 11.0 Å². The zero-order valence-corrected chi connectivity index (χ0v) is 6.61. The summed E-state index contributed by atoms with van der Waals surface area (Å²) < 4.78 is 0. The molecule has 4 N–H and O–H groups in total. The number of carbonyl (C=O) groups is 1. The highest BCUT2D eigenvalue weighted by atomic mass is 16.4. The molecule has 0 aliphatic heterocycles. The number of nitrogens with zero attached hydrogens (tertiary/aromatic N) is 1. The SMILES string of the molecule is Nc1ccc2nc(C(=O)O)[nH]c2c1. The lowest BCUT2D eigenvalue weighted by atomic mass is 10.3. The van der Waals surface area contributed by atoms with Crippen molar-refractivity contribution in [1.29, 1.82) is 0 Å². The summed E-state index contributed by atoms with van der Waals surface area (Å²) in [7, 11) is 0. The fraction of sp³-hybridized carbons (Fsp3) is 0. The van der Waals surface area contributed by atoms with Gasteiger partial charge in [-0.1, -0.05) is 0 Å². The largest absolute Gasteiger partial charge is 0.475 e. The maximum Gasteiger partial charge on any atom is 0.371 e. The van der Waals surface area contributed by atoms with E-state index in [-0.39, 0.29) is 5.82 Å². The molecule has 0 unspecified atom stereocenters. The second-order valence-corrected chi connectivity index (χ2v) is 2.67. The highest BCUT2D eigenvalue weighted by Gasteiger charge is 2.08. The van der Waals surface area contributed by atoms with Crippen molar-refractivity contribution in [2.24, 2.45) is 0 Å². The van der Waals surface area contributed by atoms with Gasteiger partial charge in [-0.15, -0.1) is 0 Å². The average Bonchev–Trinajstić information content (AvgIpc) is 2.46. The second-order valence-electron chi connectivity index (χ2n) is 2.67. The molecular weight excluding hydrogens is 170 g/mol. The normalized spacial score (nSPS) is 10.5. The van der Waals surface area contributed by atoms with Crippen molar-refractivity contribution in [3.8, 4) is 0 Å². The molecule has 0 saturated carbocycles. The molecule has 0 aliphatic rings. The van der Waals surface area contributed by atoms with Gasteiger partial charge in [-0.3, -0.25) is 0 Å². The predicted octanol–water partition coefficient (Wildman–Crippen LogP) is 0.843. The first-order valence-corrected chi connectivity index (χ1v) is 3.65. The summed E-state index contributed by atoms with van der Waals surface area (Å²) >= 11 is 0. The Labute approximate surface area is 73.2 Å². The molecule has 0 amide bonds. The van der Waals surface area contributed by atoms with Crippen LogP contribution in [0.15, 0.2) is 18.2 Å². The van der Waals surface area contributed by atoms with Crippen LogP contribution >= 0.6 is 0 Å². The van der Waals surface area contributed by atoms with E-state index in [9.17, 15) is 4.79 Å². The number of rotatable bonds is 1. The first-order valence-electron chi connectivity index (χ1n) is 3.65. The van der Waals surface area contributed by atoms with Gasteiger partial charge in [0.2, 0.25) is 5.82 Å². The van der Waals surface area contributed by atoms with Gasteiger partial charge in [0.1, 0.15) is 0 Å². The number of carboxylic acid groups (broad SMARTS) is 1. The molecule has 5 nitrogen and oxygen atoms in total. The molecule has 0 saturated heterocycles. The molecule has 13 heavy (non-hydrogen) atoms. The molecule has 1 aromatic carbocycles. The van der Waals surface area contributed by atoms with E-state index in [0.29, 0.717) is 16.7 Å². The number of H-pyrrole nitrogens is 1. The molecule has 5 heteroatoms. The summed E-state index contributed by atoms with van der Waals surface area (Å²) in [6.45, 7) is 0. The van der Waals surface area contributed by atoms with Crippen LogP contribution in [0.25, 0.3) is 11.0 Å². The number of carboxylic acids is 1. The van der Waals surface area contributed by atoms with Crippen LogP contribution in [0.1, 0.15) is 10.6 Å². The fourth-order valence-electron chi connectivity index (χ4n) is 1.13. The highest BCUT2D eigenvalue weighted by molar-refractivity contribution is 5.89. The Bertz CT molecular complexity index is 475. The number of fused-ring (bicyclic) bond motifs is 1. The molecule has 2 rings (SSSR count). The second kappa shape index (κ2) is 2.48. The number of nitrogens with one attached hydrogen (secondary N) is 1. The summed E-state index contributed by atoms with van der Waals surface area (Å²) in [5.74, 6) is -1.14.